The summed E-state index contributed by atoms with van der Waals surface area (Å²) in [7, 11) is -1.82. The summed E-state index contributed by atoms with van der Waals surface area (Å²) in [5.41, 5.74) is 0.900. The minimum Gasteiger partial charge on any atom is -0.339 e. The van der Waals surface area contributed by atoms with E-state index in [1.54, 1.807) is 24.1 Å². The molecule has 4 rings (SSSR count). The molecular weight excluding hydrogens is 352 g/mol. The van der Waals surface area contributed by atoms with Crippen LogP contribution in [0.5, 0.6) is 0 Å². The Labute approximate surface area is 152 Å². The van der Waals surface area contributed by atoms with E-state index >= 15 is 0 Å². The van der Waals surface area contributed by atoms with Gasteiger partial charge in [0, 0.05) is 50.3 Å². The van der Waals surface area contributed by atoms with Crippen molar-refractivity contribution in [2.24, 2.45) is 7.05 Å². The number of aryl methyl sites for hydroxylation is 1. The highest BCUT2D eigenvalue weighted by atomic mass is 32.2. The molecule has 0 unspecified atom stereocenters. The Morgan fingerprint density at radius 3 is 2.85 bits per heavy atom. The molecule has 3 aromatic heterocycles. The zero-order valence-electron chi connectivity index (χ0n) is 14.4. The first-order chi connectivity index (χ1) is 12.5. The lowest BCUT2D eigenvalue weighted by Gasteiger charge is -2.31. The van der Waals surface area contributed by atoms with Gasteiger partial charge in [0.2, 0.25) is 0 Å². The van der Waals surface area contributed by atoms with Gasteiger partial charge in [0.05, 0.1) is 6.33 Å². The van der Waals surface area contributed by atoms with Gasteiger partial charge in [0.15, 0.2) is 5.03 Å². The third-order valence-electron chi connectivity index (χ3n) is 4.61. The lowest BCUT2D eigenvalue weighted by molar-refractivity contribution is 0.312. The van der Waals surface area contributed by atoms with Crippen molar-refractivity contribution < 1.29 is 8.42 Å². The Kier molecular flexibility index (Phi) is 4.33. The maximum absolute atomic E-state index is 12.8. The van der Waals surface area contributed by atoms with Crippen molar-refractivity contribution in [2.75, 3.05) is 13.1 Å². The molecule has 0 bridgehead atoms. The normalized spacial score (nSPS) is 18.9. The molecule has 26 heavy (non-hydrogen) atoms. The molecule has 4 heterocycles. The molecule has 1 saturated heterocycles. The summed E-state index contributed by atoms with van der Waals surface area (Å²) >= 11 is 0. The maximum Gasteiger partial charge on any atom is 0.262 e. The molecule has 0 aliphatic carbocycles. The van der Waals surface area contributed by atoms with Gasteiger partial charge in [-0.05, 0) is 25.0 Å². The van der Waals surface area contributed by atoms with Crippen LogP contribution >= 0.6 is 0 Å². The van der Waals surface area contributed by atoms with Gasteiger partial charge < -0.3 is 4.57 Å². The van der Waals surface area contributed by atoms with Crippen molar-refractivity contribution in [1.29, 1.82) is 0 Å². The van der Waals surface area contributed by atoms with Crippen molar-refractivity contribution in [3.8, 4) is 5.82 Å². The van der Waals surface area contributed by atoms with Crippen molar-refractivity contribution in [3.63, 3.8) is 0 Å². The van der Waals surface area contributed by atoms with Gasteiger partial charge >= 0.3 is 0 Å². The molecule has 0 radical (unpaired) electrons. The van der Waals surface area contributed by atoms with Gasteiger partial charge in [-0.1, -0.05) is 6.07 Å². The number of aromatic nitrogens is 5. The molecule has 136 valence electrons. The molecule has 3 aromatic rings. The van der Waals surface area contributed by atoms with Gasteiger partial charge in [-0.25, -0.2) is 23.4 Å². The van der Waals surface area contributed by atoms with Crippen LogP contribution in [0.1, 0.15) is 24.5 Å². The van der Waals surface area contributed by atoms with E-state index in [2.05, 4.69) is 9.97 Å². The van der Waals surface area contributed by atoms with Gasteiger partial charge in [0.1, 0.15) is 12.1 Å². The van der Waals surface area contributed by atoms with E-state index in [0.29, 0.717) is 13.1 Å². The molecule has 9 heteroatoms. The van der Waals surface area contributed by atoms with E-state index in [1.165, 1.54) is 16.8 Å². The Morgan fingerprint density at radius 1 is 1.23 bits per heavy atom. The van der Waals surface area contributed by atoms with E-state index < -0.39 is 10.0 Å². The number of hydrogen-bond donors (Lipinski definition) is 0. The zero-order chi connectivity index (χ0) is 18.1. The van der Waals surface area contributed by atoms with Gasteiger partial charge in [0.25, 0.3) is 10.0 Å². The van der Waals surface area contributed by atoms with Gasteiger partial charge in [-0.2, -0.15) is 4.31 Å². The molecule has 1 atom stereocenters. The second kappa shape index (κ2) is 6.65. The molecule has 1 fully saturated rings. The first-order valence-electron chi connectivity index (χ1n) is 8.47. The summed E-state index contributed by atoms with van der Waals surface area (Å²) in [5, 5.41) is 0.0979. The van der Waals surface area contributed by atoms with E-state index in [-0.39, 0.29) is 10.9 Å². The third-order valence-corrected chi connectivity index (χ3v) is 6.36. The summed E-state index contributed by atoms with van der Waals surface area (Å²) in [5.74, 6) is 0.843. The number of pyridine rings is 1. The molecule has 0 amide bonds. The first kappa shape index (κ1) is 16.9. The number of hydrogen-bond acceptors (Lipinski definition) is 5. The van der Waals surface area contributed by atoms with Gasteiger partial charge in [-0.15, -0.1) is 0 Å². The van der Waals surface area contributed by atoms with E-state index in [4.69, 9.17) is 4.98 Å². The fourth-order valence-electron chi connectivity index (χ4n) is 3.26. The second-order valence-electron chi connectivity index (χ2n) is 6.47. The number of sulfonamides is 1. The summed E-state index contributed by atoms with van der Waals surface area (Å²) in [6.45, 7) is 0.926. The molecule has 8 nitrogen and oxygen atoms in total. The van der Waals surface area contributed by atoms with Crippen LogP contribution in [0.25, 0.3) is 5.82 Å². The minimum atomic E-state index is -3.58. The Bertz CT molecular complexity index is 996. The van der Waals surface area contributed by atoms with E-state index in [1.807, 2.05) is 29.0 Å². The lowest BCUT2D eigenvalue weighted by atomic mass is 9.95. The monoisotopic (exact) mass is 372 g/mol. The second-order valence-corrected chi connectivity index (χ2v) is 8.35. The Hall–Kier alpha value is -2.52. The highest BCUT2D eigenvalue weighted by molar-refractivity contribution is 7.89. The quantitative estimate of drug-likeness (QED) is 0.694. The number of imidazole rings is 2. The number of nitrogens with zero attached hydrogens (tertiary/aromatic N) is 6. The van der Waals surface area contributed by atoms with Crippen molar-refractivity contribution in [3.05, 3.63) is 55.1 Å². The SMILES string of the molecule is Cn1cnc(S(=O)(=O)N2CCC[C@@H](c3cccc(-n4ccnc4)n3)C2)c1. The lowest BCUT2D eigenvalue weighted by Crippen LogP contribution is -2.39. The van der Waals surface area contributed by atoms with E-state index in [9.17, 15) is 8.42 Å². The van der Waals surface area contributed by atoms with Crippen LogP contribution in [0.15, 0.2) is 54.5 Å². The molecule has 0 spiro atoms. The fourth-order valence-corrected chi connectivity index (χ4v) is 4.75. The Morgan fingerprint density at radius 2 is 2.12 bits per heavy atom. The summed E-state index contributed by atoms with van der Waals surface area (Å²) < 4.78 is 30.7. The highest BCUT2D eigenvalue weighted by Gasteiger charge is 2.32. The van der Waals surface area contributed by atoms with Crippen LogP contribution in [-0.2, 0) is 17.1 Å². The van der Waals surface area contributed by atoms with Gasteiger partial charge in [-0.3, -0.25) is 4.57 Å². The van der Waals surface area contributed by atoms with E-state index in [0.717, 1.165) is 24.4 Å². The number of rotatable bonds is 4. The van der Waals surface area contributed by atoms with Crippen LogP contribution < -0.4 is 0 Å². The zero-order valence-corrected chi connectivity index (χ0v) is 15.2. The number of piperidine rings is 1. The largest absolute Gasteiger partial charge is 0.339 e. The topological polar surface area (TPSA) is 85.9 Å². The van der Waals surface area contributed by atoms with Crippen LogP contribution in [0.4, 0.5) is 0 Å². The fraction of sp³-hybridized carbons (Fsp3) is 0.353. The predicted octanol–water partition coefficient (Wildman–Crippen LogP) is 1.57. The third kappa shape index (κ3) is 3.15. The van der Waals surface area contributed by atoms with Crippen molar-refractivity contribution in [1.82, 2.24) is 28.4 Å². The van der Waals surface area contributed by atoms with Crippen LogP contribution in [-0.4, -0.2) is 49.9 Å². The highest BCUT2D eigenvalue weighted by Crippen LogP contribution is 2.29. The molecule has 0 saturated carbocycles. The summed E-state index contributed by atoms with van der Waals surface area (Å²) in [4.78, 5) is 12.8. The minimum absolute atomic E-state index is 0.0608. The standard InChI is InChI=1S/C17H20N6O2S/c1-21-11-17(19-13-21)26(24,25)23-8-3-4-14(10-23)15-5-2-6-16(20-15)22-9-7-18-12-22/h2,5-7,9,11-14H,3-4,8,10H2,1H3/t14-/m1/s1. The Balaban J connectivity index is 1.58. The van der Waals surface area contributed by atoms with Crippen molar-refractivity contribution >= 4 is 10.0 Å². The molecule has 0 N–H and O–H groups in total. The maximum atomic E-state index is 12.8. The predicted molar refractivity (Wildman–Crippen MR) is 95.3 cm³/mol. The molecule has 0 aromatic carbocycles. The van der Waals surface area contributed by atoms with Crippen molar-refractivity contribution in [2.45, 2.75) is 23.8 Å². The van der Waals surface area contributed by atoms with Crippen LogP contribution in [0.2, 0.25) is 0 Å². The average molecular weight is 372 g/mol. The molecular formula is C17H20N6O2S. The van der Waals surface area contributed by atoms with Crippen LogP contribution in [0, 0.1) is 0 Å². The summed E-state index contributed by atoms with van der Waals surface area (Å²) in [6, 6.07) is 5.82. The smallest absolute Gasteiger partial charge is 0.262 e. The molecule has 1 aliphatic rings. The first-order valence-corrected chi connectivity index (χ1v) is 9.91. The average Bonchev–Trinajstić information content (AvgIpc) is 3.34. The molecule has 1 aliphatic heterocycles. The van der Waals surface area contributed by atoms with Crippen LogP contribution in [0.3, 0.4) is 0 Å². The summed E-state index contributed by atoms with van der Waals surface area (Å²) in [6.07, 6.45) is 10.00.